The summed E-state index contributed by atoms with van der Waals surface area (Å²) in [7, 11) is 0. The van der Waals surface area contributed by atoms with E-state index in [9.17, 15) is 4.79 Å². The van der Waals surface area contributed by atoms with Gasteiger partial charge in [0.2, 0.25) is 0 Å². The minimum Gasteiger partial charge on any atom is -1.00 e. The van der Waals surface area contributed by atoms with Gasteiger partial charge in [-0.3, -0.25) is 0 Å². The smallest absolute Gasteiger partial charge is 1.00 e. The molecule has 4 nitrogen and oxygen atoms in total. The molecular weight excluding hydrogens is 169 g/mol. The van der Waals surface area contributed by atoms with Gasteiger partial charge >= 0.3 is 35.5 Å². The summed E-state index contributed by atoms with van der Waals surface area (Å²) in [6.45, 7) is 0. The molecule has 0 saturated heterocycles. The van der Waals surface area contributed by atoms with Gasteiger partial charge in [0.05, 0.1) is 0 Å². The number of rotatable bonds is 1. The molecule has 60 valence electrons. The third kappa shape index (κ3) is 2.41. The summed E-state index contributed by atoms with van der Waals surface area (Å²) in [5, 5.41) is 17.5. The minimum absolute atomic E-state index is 0. The van der Waals surface area contributed by atoms with Crippen molar-refractivity contribution in [2.45, 2.75) is 0 Å². The first-order valence-corrected chi connectivity index (χ1v) is 2.93. The molecule has 0 unspecified atom stereocenters. The van der Waals surface area contributed by atoms with E-state index in [0.717, 1.165) is 0 Å². The normalized spacial score (nSPS) is 8.67. The summed E-state index contributed by atoms with van der Waals surface area (Å²) in [6, 6.07) is 3.87. The Balaban J connectivity index is 0. The van der Waals surface area contributed by atoms with E-state index < -0.39 is 5.97 Å². The van der Waals surface area contributed by atoms with E-state index in [4.69, 9.17) is 15.9 Å². The van der Waals surface area contributed by atoms with E-state index in [0.29, 0.717) is 5.69 Å². The number of anilines is 1. The van der Waals surface area contributed by atoms with Crippen molar-refractivity contribution in [1.82, 2.24) is 0 Å². The first-order chi connectivity index (χ1) is 5.11. The molecule has 0 aliphatic rings. The van der Waals surface area contributed by atoms with Crippen LogP contribution in [0, 0.1) is 0 Å². The predicted octanol–water partition coefficient (Wildman–Crippen LogP) is -2.21. The monoisotopic (exact) mass is 177 g/mol. The first-order valence-electron chi connectivity index (χ1n) is 2.93. The summed E-state index contributed by atoms with van der Waals surface area (Å²) in [5.74, 6) is -1.47. The molecule has 0 radical (unpaired) electrons. The molecule has 0 aromatic heterocycles. The largest absolute Gasteiger partial charge is 1.00 e. The summed E-state index contributed by atoms with van der Waals surface area (Å²) < 4.78 is 0. The molecule has 4 N–H and O–H groups in total. The van der Waals surface area contributed by atoms with Crippen LogP contribution in [-0.2, 0) is 0 Å². The SMILES string of the molecule is Nc1ccc(C(=O)O)c(O)c1.[H-].[Na+]. The second-order valence-corrected chi connectivity index (χ2v) is 2.08. The third-order valence-corrected chi connectivity index (χ3v) is 1.25. The number of hydrogen-bond acceptors (Lipinski definition) is 3. The van der Waals surface area contributed by atoms with Crippen molar-refractivity contribution in [2.75, 3.05) is 5.73 Å². The first kappa shape index (κ1) is 11.3. The zero-order valence-electron chi connectivity index (χ0n) is 7.61. The second-order valence-electron chi connectivity index (χ2n) is 2.08. The summed E-state index contributed by atoms with van der Waals surface area (Å²) in [6.07, 6.45) is 0. The average molecular weight is 177 g/mol. The van der Waals surface area contributed by atoms with Gasteiger partial charge in [-0.25, -0.2) is 4.79 Å². The Morgan fingerprint density at radius 1 is 1.50 bits per heavy atom. The van der Waals surface area contributed by atoms with Gasteiger partial charge in [-0.15, -0.1) is 0 Å². The van der Waals surface area contributed by atoms with Crippen LogP contribution in [0.4, 0.5) is 5.69 Å². The van der Waals surface area contributed by atoms with Crippen molar-refractivity contribution in [3.63, 3.8) is 0 Å². The van der Waals surface area contributed by atoms with Crippen LogP contribution in [0.2, 0.25) is 0 Å². The van der Waals surface area contributed by atoms with Crippen molar-refractivity contribution in [3.05, 3.63) is 23.8 Å². The summed E-state index contributed by atoms with van der Waals surface area (Å²) in [5.41, 5.74) is 5.48. The van der Waals surface area contributed by atoms with Crippen LogP contribution in [0.3, 0.4) is 0 Å². The molecule has 1 aromatic rings. The number of carboxylic acids is 1. The van der Waals surface area contributed by atoms with E-state index >= 15 is 0 Å². The molecule has 5 heteroatoms. The molecule has 12 heavy (non-hydrogen) atoms. The van der Waals surface area contributed by atoms with Gasteiger partial charge in [0.25, 0.3) is 0 Å². The van der Waals surface area contributed by atoms with E-state index in [-0.39, 0.29) is 42.3 Å². The van der Waals surface area contributed by atoms with Crippen molar-refractivity contribution in [3.8, 4) is 5.75 Å². The number of aromatic hydroxyl groups is 1. The molecule has 0 fully saturated rings. The molecule has 0 spiro atoms. The summed E-state index contributed by atoms with van der Waals surface area (Å²) in [4.78, 5) is 10.3. The van der Waals surface area contributed by atoms with Gasteiger partial charge in [-0.1, -0.05) is 0 Å². The molecule has 0 amide bonds. The fourth-order valence-corrected chi connectivity index (χ4v) is 0.730. The van der Waals surface area contributed by atoms with Crippen LogP contribution >= 0.6 is 0 Å². The average Bonchev–Trinajstić information content (AvgIpc) is 1.85. The Labute approximate surface area is 92.8 Å². The third-order valence-electron chi connectivity index (χ3n) is 1.25. The van der Waals surface area contributed by atoms with Crippen LogP contribution in [0.5, 0.6) is 5.75 Å². The van der Waals surface area contributed by atoms with Gasteiger partial charge in [0.15, 0.2) is 0 Å². The number of benzene rings is 1. The van der Waals surface area contributed by atoms with E-state index in [1.165, 1.54) is 18.2 Å². The fraction of sp³-hybridized carbons (Fsp3) is 0. The Kier molecular flexibility index (Phi) is 4.09. The van der Waals surface area contributed by atoms with E-state index in [2.05, 4.69) is 0 Å². The molecule has 0 atom stereocenters. The van der Waals surface area contributed by atoms with Crippen LogP contribution in [0.1, 0.15) is 11.8 Å². The van der Waals surface area contributed by atoms with Gasteiger partial charge in [-0.05, 0) is 12.1 Å². The maximum Gasteiger partial charge on any atom is 1.00 e. The zero-order valence-corrected chi connectivity index (χ0v) is 8.61. The van der Waals surface area contributed by atoms with Crippen molar-refractivity contribution >= 4 is 11.7 Å². The molecule has 1 rings (SSSR count). The van der Waals surface area contributed by atoms with Crippen LogP contribution < -0.4 is 35.3 Å². The molecule has 0 aliphatic carbocycles. The number of phenols is 1. The molecule has 0 aliphatic heterocycles. The molecule has 0 heterocycles. The van der Waals surface area contributed by atoms with Gasteiger partial charge < -0.3 is 17.4 Å². The Morgan fingerprint density at radius 2 is 2.08 bits per heavy atom. The number of nitrogen functional groups attached to an aromatic ring is 1. The van der Waals surface area contributed by atoms with Crippen LogP contribution in [0.15, 0.2) is 18.2 Å². The van der Waals surface area contributed by atoms with Crippen LogP contribution in [-0.4, -0.2) is 16.2 Å². The molecular formula is C7H8NNaO3. The number of hydrogen-bond donors (Lipinski definition) is 3. The maximum atomic E-state index is 10.3. The minimum atomic E-state index is -1.16. The number of nitrogens with two attached hydrogens (primary N) is 1. The Morgan fingerprint density at radius 3 is 2.50 bits per heavy atom. The number of carbonyl (C=O) groups is 1. The van der Waals surface area contributed by atoms with Crippen LogP contribution in [0.25, 0.3) is 0 Å². The van der Waals surface area contributed by atoms with E-state index in [1.54, 1.807) is 0 Å². The zero-order chi connectivity index (χ0) is 8.43. The van der Waals surface area contributed by atoms with Crippen molar-refractivity contribution < 1.29 is 46.0 Å². The maximum absolute atomic E-state index is 10.3. The van der Waals surface area contributed by atoms with Gasteiger partial charge in [0, 0.05) is 11.8 Å². The second kappa shape index (κ2) is 4.35. The van der Waals surface area contributed by atoms with Crippen molar-refractivity contribution in [2.24, 2.45) is 0 Å². The fourth-order valence-electron chi connectivity index (χ4n) is 0.730. The number of carboxylic acid groups (broad SMARTS) is 1. The summed E-state index contributed by atoms with van der Waals surface area (Å²) >= 11 is 0. The van der Waals surface area contributed by atoms with Gasteiger partial charge in [-0.2, -0.15) is 0 Å². The molecule has 1 aromatic carbocycles. The molecule has 0 saturated carbocycles. The standard InChI is InChI=1S/C7H7NO3.Na.H/c8-4-1-2-5(7(10)11)6(9)3-4;;/h1-3,9H,8H2,(H,10,11);;/q;+1;-1. The Hall–Kier alpha value is -0.710. The molecule has 0 bridgehead atoms. The predicted molar refractivity (Wildman–Crippen MR) is 40.6 cm³/mol. The topological polar surface area (TPSA) is 83.6 Å². The Bertz CT molecular complexity index is 306. The van der Waals surface area contributed by atoms with E-state index in [1.807, 2.05) is 0 Å². The van der Waals surface area contributed by atoms with Gasteiger partial charge in [0.1, 0.15) is 11.3 Å². The van der Waals surface area contributed by atoms with Crippen molar-refractivity contribution in [1.29, 1.82) is 0 Å². The quantitative estimate of drug-likeness (QED) is 0.335. The number of aromatic carboxylic acids is 1.